The van der Waals surface area contributed by atoms with Gasteiger partial charge in [0.25, 0.3) is 5.91 Å². The molecule has 4 nitrogen and oxygen atoms in total. The second-order valence-corrected chi connectivity index (χ2v) is 10.1. The van der Waals surface area contributed by atoms with Crippen LogP contribution in [0.1, 0.15) is 23.6 Å². The third-order valence-electron chi connectivity index (χ3n) is 5.86. The molecule has 0 radical (unpaired) electrons. The maximum atomic E-state index is 13.1. The van der Waals surface area contributed by atoms with Crippen molar-refractivity contribution in [3.05, 3.63) is 107 Å². The Hall–Kier alpha value is -3.61. The summed E-state index contributed by atoms with van der Waals surface area (Å²) in [6.45, 7) is 4.89. The molecule has 1 amide bonds. The minimum Gasteiger partial charge on any atom is -0.490 e. The van der Waals surface area contributed by atoms with Gasteiger partial charge >= 0.3 is 0 Å². The van der Waals surface area contributed by atoms with Gasteiger partial charge in [-0.25, -0.2) is 0 Å². The predicted molar refractivity (Wildman–Crippen MR) is 153 cm³/mol. The number of rotatable bonds is 7. The molecule has 1 aliphatic heterocycles. The van der Waals surface area contributed by atoms with Crippen molar-refractivity contribution in [2.45, 2.75) is 20.5 Å². The van der Waals surface area contributed by atoms with E-state index >= 15 is 0 Å². The van der Waals surface area contributed by atoms with Gasteiger partial charge in [0.1, 0.15) is 6.61 Å². The first-order valence-electron chi connectivity index (χ1n) is 11.7. The Kier molecular flexibility index (Phi) is 7.07. The van der Waals surface area contributed by atoms with Crippen LogP contribution in [0.4, 0.5) is 5.69 Å². The van der Waals surface area contributed by atoms with Crippen LogP contribution in [0.25, 0.3) is 16.8 Å². The molecule has 4 aromatic rings. The van der Waals surface area contributed by atoms with Gasteiger partial charge in [-0.3, -0.25) is 9.69 Å². The number of aryl methyl sites for hydroxylation is 1. The highest BCUT2D eigenvalue weighted by Gasteiger charge is 2.33. The van der Waals surface area contributed by atoms with Crippen molar-refractivity contribution >= 4 is 56.7 Å². The number of thiocarbonyl (C=S) groups is 1. The number of benzene rings is 4. The number of carbonyl (C=O) groups is 1. The summed E-state index contributed by atoms with van der Waals surface area (Å²) in [4.78, 5) is 15.3. The van der Waals surface area contributed by atoms with E-state index in [-0.39, 0.29) is 5.91 Å². The maximum Gasteiger partial charge on any atom is 0.270 e. The lowest BCUT2D eigenvalue weighted by atomic mass is 10.1. The normalized spacial score (nSPS) is 14.6. The lowest BCUT2D eigenvalue weighted by molar-refractivity contribution is -0.113. The first-order chi connectivity index (χ1) is 17.5. The van der Waals surface area contributed by atoms with Crippen LogP contribution in [0.15, 0.2) is 89.8 Å². The highest BCUT2D eigenvalue weighted by atomic mass is 32.2. The molecule has 0 saturated carbocycles. The first-order valence-corrected chi connectivity index (χ1v) is 13.0. The van der Waals surface area contributed by atoms with Crippen molar-refractivity contribution in [3.63, 3.8) is 0 Å². The van der Waals surface area contributed by atoms with Gasteiger partial charge in [-0.2, -0.15) is 0 Å². The Labute approximate surface area is 220 Å². The van der Waals surface area contributed by atoms with Crippen molar-refractivity contribution in [2.75, 3.05) is 11.5 Å². The molecule has 0 aliphatic carbocycles. The molecule has 0 bridgehead atoms. The van der Waals surface area contributed by atoms with Gasteiger partial charge < -0.3 is 9.47 Å². The van der Waals surface area contributed by atoms with Gasteiger partial charge in [0.2, 0.25) is 0 Å². The summed E-state index contributed by atoms with van der Waals surface area (Å²) in [6.07, 6.45) is 1.85. The van der Waals surface area contributed by atoms with Crippen molar-refractivity contribution < 1.29 is 14.3 Å². The van der Waals surface area contributed by atoms with Crippen LogP contribution in [-0.2, 0) is 11.4 Å². The van der Waals surface area contributed by atoms with Crippen molar-refractivity contribution in [3.8, 4) is 11.5 Å². The molecular formula is C30H25NO3S2. The van der Waals surface area contributed by atoms with Gasteiger partial charge in [-0.1, -0.05) is 84.1 Å². The molecule has 4 aromatic carbocycles. The Balaban J connectivity index is 1.35. The quantitative estimate of drug-likeness (QED) is 0.189. The minimum absolute atomic E-state index is 0.122. The Morgan fingerprint density at radius 3 is 2.44 bits per heavy atom. The third kappa shape index (κ3) is 5.15. The molecule has 5 rings (SSSR count). The van der Waals surface area contributed by atoms with E-state index in [4.69, 9.17) is 21.7 Å². The number of anilines is 1. The Bertz CT molecular complexity index is 1480. The SMILES string of the molecule is CCOc1cc(/C=C2\SC(=S)N(c3ccc(C)cc3)C2=O)ccc1OCc1ccc2ccccc2c1. The van der Waals surface area contributed by atoms with Gasteiger partial charge in [-0.15, -0.1) is 0 Å². The number of nitrogens with zero attached hydrogens (tertiary/aromatic N) is 1. The Morgan fingerprint density at radius 1 is 0.889 bits per heavy atom. The highest BCUT2D eigenvalue weighted by molar-refractivity contribution is 8.27. The largest absolute Gasteiger partial charge is 0.490 e. The number of carbonyl (C=O) groups excluding carboxylic acids is 1. The van der Waals surface area contributed by atoms with Crippen LogP contribution in [0.3, 0.4) is 0 Å². The number of ether oxygens (including phenoxy) is 2. The van der Waals surface area contributed by atoms with Gasteiger partial charge in [0.05, 0.1) is 17.2 Å². The monoisotopic (exact) mass is 511 g/mol. The molecule has 0 atom stereocenters. The molecular weight excluding hydrogens is 486 g/mol. The number of thioether (sulfide) groups is 1. The molecule has 180 valence electrons. The van der Waals surface area contributed by atoms with E-state index in [1.54, 1.807) is 4.90 Å². The minimum atomic E-state index is -0.122. The molecule has 0 unspecified atom stereocenters. The molecule has 0 aromatic heterocycles. The van der Waals surface area contributed by atoms with Crippen LogP contribution < -0.4 is 14.4 Å². The number of hydrogen-bond donors (Lipinski definition) is 0. The summed E-state index contributed by atoms with van der Waals surface area (Å²) >= 11 is 6.81. The Morgan fingerprint density at radius 2 is 1.67 bits per heavy atom. The average molecular weight is 512 g/mol. The number of amides is 1. The fraction of sp³-hybridized carbons (Fsp3) is 0.133. The summed E-state index contributed by atoms with van der Waals surface area (Å²) < 4.78 is 12.5. The van der Waals surface area contributed by atoms with E-state index in [1.807, 2.05) is 74.5 Å². The van der Waals surface area contributed by atoms with Crippen LogP contribution in [-0.4, -0.2) is 16.8 Å². The fourth-order valence-electron chi connectivity index (χ4n) is 4.03. The van der Waals surface area contributed by atoms with Crippen LogP contribution in [0, 0.1) is 6.92 Å². The summed E-state index contributed by atoms with van der Waals surface area (Å²) in [6, 6.07) is 28.1. The zero-order chi connectivity index (χ0) is 25.1. The molecule has 1 aliphatic rings. The standard InChI is InChI=1S/C30H25NO3S2/c1-3-33-27-17-21(18-28-29(32)31(30(35)36-28)25-13-8-20(2)9-14-25)11-15-26(27)34-19-22-10-12-23-6-4-5-7-24(23)16-22/h4-18H,3,19H2,1-2H3/b28-18-. The number of fused-ring (bicyclic) bond motifs is 1. The highest BCUT2D eigenvalue weighted by Crippen LogP contribution is 2.37. The molecule has 1 saturated heterocycles. The fourth-order valence-corrected chi connectivity index (χ4v) is 5.33. The maximum absolute atomic E-state index is 13.1. The number of hydrogen-bond acceptors (Lipinski definition) is 5. The molecule has 0 spiro atoms. The summed E-state index contributed by atoms with van der Waals surface area (Å²) in [5.41, 5.74) is 3.84. The first kappa shape index (κ1) is 24.1. The predicted octanol–water partition coefficient (Wildman–Crippen LogP) is 7.53. The zero-order valence-corrected chi connectivity index (χ0v) is 21.7. The van der Waals surface area contributed by atoms with Crippen molar-refractivity contribution in [1.29, 1.82) is 0 Å². The molecule has 1 fully saturated rings. The second-order valence-electron chi connectivity index (χ2n) is 8.46. The summed E-state index contributed by atoms with van der Waals surface area (Å²) in [5, 5.41) is 2.38. The van der Waals surface area contributed by atoms with E-state index in [0.29, 0.717) is 33.9 Å². The lowest BCUT2D eigenvalue weighted by Crippen LogP contribution is -2.27. The van der Waals surface area contributed by atoms with E-state index in [9.17, 15) is 4.79 Å². The van der Waals surface area contributed by atoms with E-state index in [1.165, 1.54) is 22.5 Å². The van der Waals surface area contributed by atoms with Gasteiger partial charge in [-0.05, 0) is 72.2 Å². The molecule has 36 heavy (non-hydrogen) atoms. The summed E-state index contributed by atoms with van der Waals surface area (Å²) in [7, 11) is 0. The van der Waals surface area contributed by atoms with Crippen LogP contribution >= 0.6 is 24.0 Å². The second kappa shape index (κ2) is 10.6. The van der Waals surface area contributed by atoms with Crippen molar-refractivity contribution in [2.24, 2.45) is 0 Å². The van der Waals surface area contributed by atoms with E-state index < -0.39 is 0 Å². The topological polar surface area (TPSA) is 38.8 Å². The smallest absolute Gasteiger partial charge is 0.270 e. The van der Waals surface area contributed by atoms with E-state index in [2.05, 4.69) is 30.3 Å². The molecule has 0 N–H and O–H groups in total. The van der Waals surface area contributed by atoms with Gasteiger partial charge in [0.15, 0.2) is 15.8 Å². The van der Waals surface area contributed by atoms with Gasteiger partial charge in [0, 0.05) is 0 Å². The van der Waals surface area contributed by atoms with Crippen LogP contribution in [0.2, 0.25) is 0 Å². The molecule has 1 heterocycles. The van der Waals surface area contributed by atoms with Crippen LogP contribution in [0.5, 0.6) is 11.5 Å². The third-order valence-corrected chi connectivity index (χ3v) is 7.16. The lowest BCUT2D eigenvalue weighted by Gasteiger charge is -2.14. The molecule has 6 heteroatoms. The average Bonchev–Trinajstić information content (AvgIpc) is 3.16. The zero-order valence-electron chi connectivity index (χ0n) is 20.1. The summed E-state index contributed by atoms with van der Waals surface area (Å²) in [5.74, 6) is 1.18. The van der Waals surface area contributed by atoms with Crippen molar-refractivity contribution in [1.82, 2.24) is 0 Å². The van der Waals surface area contributed by atoms with E-state index in [0.717, 1.165) is 22.4 Å².